The van der Waals surface area contributed by atoms with Crippen LogP contribution in [0.1, 0.15) is 33.7 Å². The van der Waals surface area contributed by atoms with Crippen molar-refractivity contribution >= 4 is 5.97 Å². The van der Waals surface area contributed by atoms with Crippen LogP contribution in [0.15, 0.2) is 35.6 Å². The number of rotatable bonds is 5. The first-order valence-corrected chi connectivity index (χ1v) is 8.36. The number of halogens is 2. The molecule has 0 amide bonds. The quantitative estimate of drug-likeness (QED) is 0.699. The second-order valence-corrected chi connectivity index (χ2v) is 6.10. The van der Waals surface area contributed by atoms with Gasteiger partial charge in [0.25, 0.3) is 12.0 Å². The zero-order valence-electron chi connectivity index (χ0n) is 15.7. The third-order valence-electron chi connectivity index (χ3n) is 4.45. The first-order chi connectivity index (χ1) is 13.8. The van der Waals surface area contributed by atoms with Gasteiger partial charge in [-0.1, -0.05) is 0 Å². The maximum Gasteiger partial charge on any atom is 0.338 e. The molecule has 3 aromatic rings. The zero-order valence-corrected chi connectivity index (χ0v) is 15.7. The van der Waals surface area contributed by atoms with Gasteiger partial charge in [0.2, 0.25) is 0 Å². The molecular weight excluding hydrogens is 386 g/mol. The number of methoxy groups -OCH3 is 1. The summed E-state index contributed by atoms with van der Waals surface area (Å²) in [5.41, 5.74) is -1.21. The van der Waals surface area contributed by atoms with Gasteiger partial charge >= 0.3 is 5.97 Å². The van der Waals surface area contributed by atoms with Crippen LogP contribution in [0.4, 0.5) is 8.78 Å². The summed E-state index contributed by atoms with van der Waals surface area (Å²) < 4.78 is 33.7. The smallest absolute Gasteiger partial charge is 0.338 e. The summed E-state index contributed by atoms with van der Waals surface area (Å²) in [6.45, 7) is 3.19. The summed E-state index contributed by atoms with van der Waals surface area (Å²) in [6.07, 6.45) is 0.668. The predicted molar refractivity (Wildman–Crippen MR) is 98.8 cm³/mol. The molecule has 0 saturated heterocycles. The van der Waals surface area contributed by atoms with E-state index in [0.29, 0.717) is 11.3 Å². The summed E-state index contributed by atoms with van der Waals surface area (Å²) in [5.74, 6) is -1.59. The van der Waals surface area contributed by atoms with E-state index in [9.17, 15) is 23.5 Å². The molecule has 10 heteroatoms. The van der Waals surface area contributed by atoms with E-state index in [-0.39, 0.29) is 22.7 Å². The van der Waals surface area contributed by atoms with E-state index in [1.165, 1.54) is 31.6 Å². The van der Waals surface area contributed by atoms with Gasteiger partial charge in [-0.25, -0.2) is 23.5 Å². The normalized spacial score (nSPS) is 11.0. The van der Waals surface area contributed by atoms with Crippen LogP contribution < -0.4 is 10.3 Å². The van der Waals surface area contributed by atoms with Crippen LogP contribution in [0, 0.1) is 13.8 Å². The minimum atomic E-state index is -3.19. The fourth-order valence-electron chi connectivity index (χ4n) is 2.83. The Labute approximate surface area is 163 Å². The van der Waals surface area contributed by atoms with Crippen LogP contribution >= 0.6 is 0 Å². The molecular formula is C19H16F2N4O4. The van der Waals surface area contributed by atoms with Crippen molar-refractivity contribution in [3.8, 4) is 22.7 Å². The van der Waals surface area contributed by atoms with E-state index in [4.69, 9.17) is 4.74 Å². The highest BCUT2D eigenvalue weighted by Gasteiger charge is 2.27. The third kappa shape index (κ3) is 3.56. The van der Waals surface area contributed by atoms with E-state index < -0.39 is 29.2 Å². The number of aryl methyl sites for hydroxylation is 1. The SMILES string of the molecule is COc1cnccc1-c1cc(-n2cnc(C)c(C)c2=O)nc(C(F)F)c1C(=O)O. The standard InChI is InChI=1S/C19H16F2N4O4/c1-9-10(2)23-8-25(18(9)26)14-6-12(11-4-5-22-7-13(11)29-3)15(19(27)28)16(24-14)17(20)21/h4-8,17H,1-3H3,(H,27,28). The van der Waals surface area contributed by atoms with Crippen LogP contribution in [-0.4, -0.2) is 37.7 Å². The summed E-state index contributed by atoms with van der Waals surface area (Å²) in [5, 5.41) is 9.61. The van der Waals surface area contributed by atoms with Gasteiger partial charge in [0.05, 0.1) is 18.9 Å². The van der Waals surface area contributed by atoms with Gasteiger partial charge in [-0.15, -0.1) is 0 Å². The van der Waals surface area contributed by atoms with E-state index in [2.05, 4.69) is 15.0 Å². The molecule has 0 spiro atoms. The molecule has 3 heterocycles. The number of ether oxygens (including phenoxy) is 1. The first kappa shape index (κ1) is 20.1. The molecule has 0 atom stereocenters. The molecule has 0 bridgehead atoms. The lowest BCUT2D eigenvalue weighted by molar-refractivity contribution is 0.0683. The van der Waals surface area contributed by atoms with Crippen molar-refractivity contribution in [2.45, 2.75) is 20.3 Å². The highest BCUT2D eigenvalue weighted by Crippen LogP contribution is 2.36. The van der Waals surface area contributed by atoms with Crippen molar-refractivity contribution in [3.63, 3.8) is 0 Å². The topological polar surface area (TPSA) is 107 Å². The highest BCUT2D eigenvalue weighted by molar-refractivity contribution is 5.98. The van der Waals surface area contributed by atoms with E-state index in [1.807, 2.05) is 0 Å². The van der Waals surface area contributed by atoms with Crippen molar-refractivity contribution < 1.29 is 23.4 Å². The summed E-state index contributed by atoms with van der Waals surface area (Å²) in [7, 11) is 1.34. The monoisotopic (exact) mass is 402 g/mol. The minimum absolute atomic E-state index is 0.0813. The molecule has 0 saturated carbocycles. The molecule has 29 heavy (non-hydrogen) atoms. The van der Waals surface area contributed by atoms with Crippen molar-refractivity contribution in [2.24, 2.45) is 0 Å². The molecule has 150 valence electrons. The zero-order chi connectivity index (χ0) is 21.3. The summed E-state index contributed by atoms with van der Waals surface area (Å²) in [4.78, 5) is 36.2. The number of carbonyl (C=O) groups is 1. The lowest BCUT2D eigenvalue weighted by atomic mass is 9.98. The molecule has 3 aromatic heterocycles. The van der Waals surface area contributed by atoms with Crippen molar-refractivity contribution in [3.05, 3.63) is 63.7 Å². The second kappa shape index (κ2) is 7.74. The number of nitrogens with zero attached hydrogens (tertiary/aromatic N) is 4. The first-order valence-electron chi connectivity index (χ1n) is 8.36. The van der Waals surface area contributed by atoms with E-state index in [0.717, 1.165) is 10.9 Å². The van der Waals surface area contributed by atoms with Crippen LogP contribution in [0.3, 0.4) is 0 Å². The number of hydrogen-bond acceptors (Lipinski definition) is 6. The maximum atomic E-state index is 13.7. The summed E-state index contributed by atoms with van der Waals surface area (Å²) in [6, 6.07) is 2.67. The molecule has 8 nitrogen and oxygen atoms in total. The highest BCUT2D eigenvalue weighted by atomic mass is 19.3. The number of aromatic carboxylic acids is 1. The molecule has 0 radical (unpaired) electrons. The molecule has 0 aliphatic heterocycles. The van der Waals surface area contributed by atoms with Crippen LogP contribution in [-0.2, 0) is 0 Å². The fraction of sp³-hybridized carbons (Fsp3) is 0.211. The Bertz CT molecular complexity index is 1160. The van der Waals surface area contributed by atoms with Gasteiger partial charge < -0.3 is 9.84 Å². The number of carboxylic acids is 1. The average molecular weight is 402 g/mol. The summed E-state index contributed by atoms with van der Waals surface area (Å²) >= 11 is 0. The third-order valence-corrected chi connectivity index (χ3v) is 4.45. The Morgan fingerprint density at radius 1 is 1.28 bits per heavy atom. The van der Waals surface area contributed by atoms with Gasteiger partial charge in [0, 0.05) is 28.6 Å². The Hall–Kier alpha value is -3.69. The molecule has 3 rings (SSSR count). The molecule has 0 aromatic carbocycles. The Morgan fingerprint density at radius 3 is 2.62 bits per heavy atom. The van der Waals surface area contributed by atoms with E-state index >= 15 is 0 Å². The Kier molecular flexibility index (Phi) is 5.35. The number of pyridine rings is 2. The van der Waals surface area contributed by atoms with Gasteiger partial charge in [-0.05, 0) is 26.0 Å². The minimum Gasteiger partial charge on any atom is -0.494 e. The molecule has 0 unspecified atom stereocenters. The number of aromatic nitrogens is 4. The van der Waals surface area contributed by atoms with E-state index in [1.54, 1.807) is 13.8 Å². The molecule has 0 aliphatic rings. The lowest BCUT2D eigenvalue weighted by Gasteiger charge is -2.16. The van der Waals surface area contributed by atoms with Crippen molar-refractivity contribution in [2.75, 3.05) is 7.11 Å². The molecule has 1 N–H and O–H groups in total. The second-order valence-electron chi connectivity index (χ2n) is 6.10. The van der Waals surface area contributed by atoms with Gasteiger partial charge in [-0.2, -0.15) is 0 Å². The number of alkyl halides is 2. The number of carboxylic acid groups (broad SMARTS) is 1. The number of hydrogen-bond donors (Lipinski definition) is 1. The van der Waals surface area contributed by atoms with Crippen molar-refractivity contribution in [1.82, 2.24) is 19.5 Å². The molecule has 0 aliphatic carbocycles. The van der Waals surface area contributed by atoms with Crippen LogP contribution in [0.5, 0.6) is 5.75 Å². The predicted octanol–water partition coefficient (Wildman–Crippen LogP) is 2.95. The lowest BCUT2D eigenvalue weighted by Crippen LogP contribution is -2.24. The fourth-order valence-corrected chi connectivity index (χ4v) is 2.83. The van der Waals surface area contributed by atoms with Gasteiger partial charge in [0.15, 0.2) is 0 Å². The Morgan fingerprint density at radius 2 is 2.00 bits per heavy atom. The van der Waals surface area contributed by atoms with Gasteiger partial charge in [-0.3, -0.25) is 14.3 Å². The van der Waals surface area contributed by atoms with Crippen LogP contribution in [0.25, 0.3) is 16.9 Å². The van der Waals surface area contributed by atoms with Gasteiger partial charge in [0.1, 0.15) is 23.6 Å². The molecule has 0 fully saturated rings. The average Bonchev–Trinajstić information content (AvgIpc) is 2.71. The maximum absolute atomic E-state index is 13.7. The Balaban J connectivity index is 2.43. The van der Waals surface area contributed by atoms with Crippen LogP contribution in [0.2, 0.25) is 0 Å². The largest absolute Gasteiger partial charge is 0.494 e. The van der Waals surface area contributed by atoms with Crippen molar-refractivity contribution in [1.29, 1.82) is 0 Å².